The third-order valence-corrected chi connectivity index (χ3v) is 3.78. The summed E-state index contributed by atoms with van der Waals surface area (Å²) < 4.78 is 1.88. The summed E-state index contributed by atoms with van der Waals surface area (Å²) in [5.74, 6) is 1.00. The topological polar surface area (TPSA) is 76.0 Å². The highest BCUT2D eigenvalue weighted by Crippen LogP contribution is 2.20. The van der Waals surface area contributed by atoms with E-state index in [1.165, 1.54) is 0 Å². The van der Waals surface area contributed by atoms with E-state index >= 15 is 0 Å². The number of benzene rings is 1. The largest absolute Gasteiger partial charge is 0.354 e. The van der Waals surface area contributed by atoms with E-state index in [2.05, 4.69) is 29.5 Å². The van der Waals surface area contributed by atoms with Crippen molar-refractivity contribution in [2.75, 3.05) is 6.54 Å². The van der Waals surface area contributed by atoms with Gasteiger partial charge < -0.3 is 15.2 Å². The van der Waals surface area contributed by atoms with Gasteiger partial charge in [-0.3, -0.25) is 9.59 Å². The number of fused-ring (bicyclic) bond motifs is 1. The molecule has 2 aromatic rings. The molecule has 0 saturated carbocycles. The average molecular weight is 330 g/mol. The highest BCUT2D eigenvalue weighted by molar-refractivity contribution is 5.81. The summed E-state index contributed by atoms with van der Waals surface area (Å²) in [4.78, 5) is 28.6. The Morgan fingerprint density at radius 2 is 1.88 bits per heavy atom. The number of carbonyl (C=O) groups excluding carboxylic acids is 2. The SMILES string of the molecule is CCC(=O)NC(C)c1nc2ccccc2n1CC(=O)NCC(C)C. The summed E-state index contributed by atoms with van der Waals surface area (Å²) in [5.41, 5.74) is 1.71. The van der Waals surface area contributed by atoms with Crippen LogP contribution in [0.3, 0.4) is 0 Å². The molecule has 0 fully saturated rings. The number of hydrogen-bond donors (Lipinski definition) is 2. The lowest BCUT2D eigenvalue weighted by Gasteiger charge is -2.16. The minimum absolute atomic E-state index is 0.0367. The van der Waals surface area contributed by atoms with Crippen LogP contribution in [0.5, 0.6) is 0 Å². The number of para-hydroxylation sites is 2. The van der Waals surface area contributed by atoms with Gasteiger partial charge in [-0.1, -0.05) is 32.9 Å². The molecule has 1 atom stereocenters. The number of aromatic nitrogens is 2. The minimum atomic E-state index is -0.261. The summed E-state index contributed by atoms with van der Waals surface area (Å²) in [7, 11) is 0. The molecule has 0 radical (unpaired) electrons. The lowest BCUT2D eigenvalue weighted by molar-refractivity contribution is -0.122. The predicted molar refractivity (Wildman–Crippen MR) is 94.4 cm³/mol. The number of rotatable bonds is 7. The maximum absolute atomic E-state index is 12.3. The van der Waals surface area contributed by atoms with Crippen molar-refractivity contribution in [2.24, 2.45) is 5.92 Å². The van der Waals surface area contributed by atoms with Gasteiger partial charge >= 0.3 is 0 Å². The van der Waals surface area contributed by atoms with E-state index in [-0.39, 0.29) is 24.4 Å². The van der Waals surface area contributed by atoms with Crippen molar-refractivity contribution in [2.45, 2.75) is 46.7 Å². The summed E-state index contributed by atoms with van der Waals surface area (Å²) in [6.07, 6.45) is 0.416. The van der Waals surface area contributed by atoms with E-state index in [9.17, 15) is 9.59 Å². The molecule has 24 heavy (non-hydrogen) atoms. The van der Waals surface area contributed by atoms with Gasteiger partial charge in [0.1, 0.15) is 12.4 Å². The molecule has 0 aliphatic heterocycles. The number of imidazole rings is 1. The first-order chi connectivity index (χ1) is 11.4. The fraction of sp³-hybridized carbons (Fsp3) is 0.500. The van der Waals surface area contributed by atoms with Crippen LogP contribution in [0.15, 0.2) is 24.3 Å². The van der Waals surface area contributed by atoms with E-state index in [1.54, 1.807) is 0 Å². The Hall–Kier alpha value is -2.37. The first-order valence-electron chi connectivity index (χ1n) is 8.43. The molecule has 0 saturated heterocycles. The summed E-state index contributed by atoms with van der Waals surface area (Å²) in [6, 6.07) is 7.43. The summed E-state index contributed by atoms with van der Waals surface area (Å²) >= 11 is 0. The van der Waals surface area contributed by atoms with Gasteiger partial charge in [-0.25, -0.2) is 4.98 Å². The molecule has 0 bridgehead atoms. The fourth-order valence-electron chi connectivity index (χ4n) is 2.52. The molecule has 0 spiro atoms. The average Bonchev–Trinajstić information content (AvgIpc) is 2.91. The zero-order valence-corrected chi connectivity index (χ0v) is 14.8. The highest BCUT2D eigenvalue weighted by Gasteiger charge is 2.19. The van der Waals surface area contributed by atoms with Gasteiger partial charge in [0, 0.05) is 13.0 Å². The zero-order chi connectivity index (χ0) is 17.7. The number of nitrogens with zero attached hydrogens (tertiary/aromatic N) is 2. The van der Waals surface area contributed by atoms with Crippen LogP contribution in [-0.4, -0.2) is 27.9 Å². The third-order valence-electron chi connectivity index (χ3n) is 3.78. The minimum Gasteiger partial charge on any atom is -0.354 e. The first-order valence-corrected chi connectivity index (χ1v) is 8.43. The number of amides is 2. The molecule has 1 unspecified atom stereocenters. The zero-order valence-electron chi connectivity index (χ0n) is 14.8. The number of nitrogens with one attached hydrogen (secondary N) is 2. The summed E-state index contributed by atoms with van der Waals surface area (Å²) in [6.45, 7) is 8.64. The van der Waals surface area contributed by atoms with Gasteiger partial charge in [-0.15, -0.1) is 0 Å². The van der Waals surface area contributed by atoms with Crippen LogP contribution in [-0.2, 0) is 16.1 Å². The standard InChI is InChI=1S/C18H26N4O2/c1-5-16(23)20-13(4)18-21-14-8-6-7-9-15(14)22(18)11-17(24)19-10-12(2)3/h6-9,12-13H,5,10-11H2,1-4H3,(H,19,24)(H,20,23). The molecule has 1 heterocycles. The Balaban J connectivity index is 2.29. The molecular formula is C18H26N4O2. The monoisotopic (exact) mass is 330 g/mol. The van der Waals surface area contributed by atoms with Gasteiger partial charge in [0.25, 0.3) is 0 Å². The highest BCUT2D eigenvalue weighted by atomic mass is 16.2. The van der Waals surface area contributed by atoms with Crippen LogP contribution in [0, 0.1) is 5.92 Å². The molecular weight excluding hydrogens is 304 g/mol. The van der Waals surface area contributed by atoms with E-state index in [0.717, 1.165) is 11.0 Å². The van der Waals surface area contributed by atoms with Crippen LogP contribution in [0.4, 0.5) is 0 Å². The van der Waals surface area contributed by atoms with Crippen LogP contribution in [0.1, 0.15) is 46.0 Å². The van der Waals surface area contributed by atoms with Crippen molar-refractivity contribution in [1.82, 2.24) is 20.2 Å². The Bertz CT molecular complexity index is 721. The van der Waals surface area contributed by atoms with E-state index < -0.39 is 0 Å². The second kappa shape index (κ2) is 7.95. The Kier molecular flexibility index (Phi) is 5.95. The van der Waals surface area contributed by atoms with Gasteiger partial charge in [-0.05, 0) is 25.0 Å². The maximum atomic E-state index is 12.3. The number of hydrogen-bond acceptors (Lipinski definition) is 3. The van der Waals surface area contributed by atoms with Gasteiger partial charge in [0.05, 0.1) is 17.1 Å². The second-order valence-electron chi connectivity index (χ2n) is 6.39. The molecule has 2 amide bonds. The molecule has 2 N–H and O–H groups in total. The molecule has 1 aromatic heterocycles. The number of carbonyl (C=O) groups is 2. The lowest BCUT2D eigenvalue weighted by atomic mass is 10.2. The molecule has 2 rings (SSSR count). The summed E-state index contributed by atoms with van der Waals surface area (Å²) in [5, 5.41) is 5.84. The van der Waals surface area contributed by atoms with Gasteiger partial charge in [0.15, 0.2) is 0 Å². The van der Waals surface area contributed by atoms with Crippen molar-refractivity contribution in [1.29, 1.82) is 0 Å². The van der Waals surface area contributed by atoms with Gasteiger partial charge in [-0.2, -0.15) is 0 Å². The van der Waals surface area contributed by atoms with Crippen LogP contribution in [0.25, 0.3) is 11.0 Å². The second-order valence-corrected chi connectivity index (χ2v) is 6.39. The smallest absolute Gasteiger partial charge is 0.240 e. The molecule has 130 valence electrons. The van der Waals surface area contributed by atoms with E-state index in [1.807, 2.05) is 42.7 Å². The Morgan fingerprint density at radius 3 is 2.54 bits per heavy atom. The first kappa shape index (κ1) is 18.0. The third kappa shape index (κ3) is 4.34. The Labute approximate surface area is 142 Å². The molecule has 1 aromatic carbocycles. The van der Waals surface area contributed by atoms with Gasteiger partial charge in [0.2, 0.25) is 11.8 Å². The predicted octanol–water partition coefficient (Wildman–Crippen LogP) is 2.40. The Morgan fingerprint density at radius 1 is 1.17 bits per heavy atom. The molecule has 0 aliphatic rings. The van der Waals surface area contributed by atoms with Crippen LogP contribution in [0.2, 0.25) is 0 Å². The van der Waals surface area contributed by atoms with Crippen molar-refractivity contribution in [3.63, 3.8) is 0 Å². The normalized spacial score (nSPS) is 12.4. The van der Waals surface area contributed by atoms with Crippen molar-refractivity contribution in [3.8, 4) is 0 Å². The quantitative estimate of drug-likeness (QED) is 0.818. The molecule has 6 heteroatoms. The molecule has 0 aliphatic carbocycles. The van der Waals surface area contributed by atoms with E-state index in [4.69, 9.17) is 0 Å². The van der Waals surface area contributed by atoms with Crippen LogP contribution >= 0.6 is 0 Å². The van der Waals surface area contributed by atoms with E-state index in [0.29, 0.717) is 24.7 Å². The lowest BCUT2D eigenvalue weighted by Crippen LogP contribution is -2.33. The maximum Gasteiger partial charge on any atom is 0.240 e. The van der Waals surface area contributed by atoms with Crippen LogP contribution < -0.4 is 10.6 Å². The fourth-order valence-corrected chi connectivity index (χ4v) is 2.52. The molecule has 6 nitrogen and oxygen atoms in total. The van der Waals surface area contributed by atoms with Crippen molar-refractivity contribution < 1.29 is 9.59 Å². The van der Waals surface area contributed by atoms with Crippen molar-refractivity contribution in [3.05, 3.63) is 30.1 Å². The van der Waals surface area contributed by atoms with Crippen molar-refractivity contribution >= 4 is 22.8 Å².